The van der Waals surface area contributed by atoms with Crippen LogP contribution in [0.3, 0.4) is 0 Å². The molecule has 0 saturated carbocycles. The van der Waals surface area contributed by atoms with Crippen molar-refractivity contribution in [3.63, 3.8) is 0 Å². The number of rotatable bonds is 6. The Labute approximate surface area is 127 Å². The van der Waals surface area contributed by atoms with Gasteiger partial charge in [0.2, 0.25) is 0 Å². The molecule has 0 aliphatic heterocycles. The second kappa shape index (κ2) is 6.33. The number of hydrogen-bond acceptors (Lipinski definition) is 0. The minimum Gasteiger partial charge on any atom is -0.0627 e. The van der Waals surface area contributed by atoms with Crippen molar-refractivity contribution < 1.29 is 0 Å². The van der Waals surface area contributed by atoms with Crippen molar-refractivity contribution in [1.82, 2.24) is 0 Å². The lowest BCUT2D eigenvalue weighted by Gasteiger charge is -2.30. The standard InChI is InChI=1S/C20H34/c1-15(2)13-19(5,6)17-9-11-18(12-10-17)20(7,8)14-16(3)4/h9-12,15-16H,13-14H2,1-8H3. The maximum Gasteiger partial charge on any atom is -0.0101 e. The fourth-order valence-corrected chi connectivity index (χ4v) is 3.65. The van der Waals surface area contributed by atoms with Gasteiger partial charge < -0.3 is 0 Å². The Morgan fingerprint density at radius 3 is 1.10 bits per heavy atom. The molecule has 0 N–H and O–H groups in total. The monoisotopic (exact) mass is 274 g/mol. The molecule has 1 aromatic carbocycles. The van der Waals surface area contributed by atoms with Gasteiger partial charge in [0.05, 0.1) is 0 Å². The average Bonchev–Trinajstić information content (AvgIpc) is 2.25. The zero-order chi connectivity index (χ0) is 15.6. The number of hydrogen-bond donors (Lipinski definition) is 0. The Balaban J connectivity index is 2.94. The maximum atomic E-state index is 2.36. The maximum absolute atomic E-state index is 2.36. The molecule has 0 nitrogen and oxygen atoms in total. The third-order valence-corrected chi connectivity index (χ3v) is 4.28. The molecule has 114 valence electrons. The van der Waals surface area contributed by atoms with Crippen LogP contribution in [0.1, 0.15) is 79.4 Å². The molecule has 0 unspecified atom stereocenters. The quantitative estimate of drug-likeness (QED) is 0.568. The van der Waals surface area contributed by atoms with Crippen LogP contribution in [0.5, 0.6) is 0 Å². The zero-order valence-electron chi connectivity index (χ0n) is 14.9. The highest BCUT2D eigenvalue weighted by molar-refractivity contribution is 5.32. The molecule has 0 aliphatic rings. The van der Waals surface area contributed by atoms with Gasteiger partial charge >= 0.3 is 0 Å². The van der Waals surface area contributed by atoms with E-state index in [-0.39, 0.29) is 10.8 Å². The van der Waals surface area contributed by atoms with Crippen LogP contribution in [-0.2, 0) is 10.8 Å². The molecule has 0 aliphatic carbocycles. The topological polar surface area (TPSA) is 0 Å². The van der Waals surface area contributed by atoms with Gasteiger partial charge in [-0.3, -0.25) is 0 Å². The molecule has 0 heteroatoms. The van der Waals surface area contributed by atoms with Gasteiger partial charge in [-0.1, -0.05) is 79.7 Å². The van der Waals surface area contributed by atoms with E-state index < -0.39 is 0 Å². The molecule has 0 heterocycles. The van der Waals surface area contributed by atoms with Gasteiger partial charge in [0.1, 0.15) is 0 Å². The third kappa shape index (κ3) is 4.65. The van der Waals surface area contributed by atoms with Gasteiger partial charge in [0, 0.05) is 0 Å². The summed E-state index contributed by atoms with van der Waals surface area (Å²) in [4.78, 5) is 0. The summed E-state index contributed by atoms with van der Waals surface area (Å²) < 4.78 is 0. The van der Waals surface area contributed by atoms with Crippen LogP contribution in [0.15, 0.2) is 24.3 Å². The van der Waals surface area contributed by atoms with E-state index in [1.165, 1.54) is 24.0 Å². The van der Waals surface area contributed by atoms with Crippen LogP contribution in [0.4, 0.5) is 0 Å². The fraction of sp³-hybridized carbons (Fsp3) is 0.700. The van der Waals surface area contributed by atoms with Gasteiger partial charge in [-0.05, 0) is 46.6 Å². The van der Waals surface area contributed by atoms with Crippen LogP contribution in [0.2, 0.25) is 0 Å². The molecule has 0 bridgehead atoms. The molecule has 0 atom stereocenters. The lowest BCUT2D eigenvalue weighted by molar-refractivity contribution is 0.393. The summed E-state index contributed by atoms with van der Waals surface area (Å²) in [6.45, 7) is 18.7. The molecule has 0 aromatic heterocycles. The molecule has 0 saturated heterocycles. The van der Waals surface area contributed by atoms with E-state index >= 15 is 0 Å². The second-order valence-electron chi connectivity index (χ2n) is 8.54. The Hall–Kier alpha value is -0.780. The Morgan fingerprint density at radius 2 is 0.900 bits per heavy atom. The van der Waals surface area contributed by atoms with E-state index in [1.807, 2.05) is 0 Å². The lowest BCUT2D eigenvalue weighted by Crippen LogP contribution is -2.22. The van der Waals surface area contributed by atoms with E-state index in [1.54, 1.807) is 0 Å². The Bertz CT molecular complexity index is 363. The van der Waals surface area contributed by atoms with E-state index in [9.17, 15) is 0 Å². The van der Waals surface area contributed by atoms with Gasteiger partial charge in [0.25, 0.3) is 0 Å². The van der Waals surface area contributed by atoms with E-state index in [2.05, 4.69) is 79.7 Å². The smallest absolute Gasteiger partial charge is 0.0101 e. The highest BCUT2D eigenvalue weighted by Crippen LogP contribution is 2.34. The van der Waals surface area contributed by atoms with Crippen molar-refractivity contribution >= 4 is 0 Å². The van der Waals surface area contributed by atoms with Crippen LogP contribution < -0.4 is 0 Å². The average molecular weight is 274 g/mol. The molecule has 0 spiro atoms. The Kier molecular flexibility index (Phi) is 5.46. The predicted octanol–water partition coefficient (Wildman–Crippen LogP) is 6.33. The molecule has 20 heavy (non-hydrogen) atoms. The molecular formula is C20H34. The van der Waals surface area contributed by atoms with Crippen molar-refractivity contribution in [1.29, 1.82) is 0 Å². The molecule has 0 fully saturated rings. The molecule has 1 rings (SSSR count). The van der Waals surface area contributed by atoms with Gasteiger partial charge in [0.15, 0.2) is 0 Å². The predicted molar refractivity (Wildman–Crippen MR) is 91.4 cm³/mol. The van der Waals surface area contributed by atoms with Gasteiger partial charge in [-0.2, -0.15) is 0 Å². The van der Waals surface area contributed by atoms with Gasteiger partial charge in [-0.25, -0.2) is 0 Å². The minimum absolute atomic E-state index is 0.273. The summed E-state index contributed by atoms with van der Waals surface area (Å²) in [5.41, 5.74) is 3.48. The van der Waals surface area contributed by atoms with Crippen molar-refractivity contribution in [2.75, 3.05) is 0 Å². The van der Waals surface area contributed by atoms with Crippen LogP contribution in [0, 0.1) is 11.8 Å². The fourth-order valence-electron chi connectivity index (χ4n) is 3.65. The Morgan fingerprint density at radius 1 is 0.650 bits per heavy atom. The second-order valence-corrected chi connectivity index (χ2v) is 8.54. The lowest BCUT2D eigenvalue weighted by atomic mass is 9.74. The van der Waals surface area contributed by atoms with E-state index in [0.717, 1.165) is 11.8 Å². The summed E-state index contributed by atoms with van der Waals surface area (Å²) in [7, 11) is 0. The SMILES string of the molecule is CC(C)CC(C)(C)c1ccc(C(C)(C)CC(C)C)cc1. The molecule has 1 aromatic rings. The molecular weight excluding hydrogens is 240 g/mol. The summed E-state index contributed by atoms with van der Waals surface area (Å²) in [6.07, 6.45) is 2.48. The highest BCUT2D eigenvalue weighted by Gasteiger charge is 2.25. The first kappa shape index (κ1) is 17.3. The normalized spacial score (nSPS) is 13.3. The van der Waals surface area contributed by atoms with Crippen molar-refractivity contribution in [2.45, 2.75) is 79.1 Å². The summed E-state index contributed by atoms with van der Waals surface area (Å²) >= 11 is 0. The van der Waals surface area contributed by atoms with Crippen LogP contribution in [0.25, 0.3) is 0 Å². The summed E-state index contributed by atoms with van der Waals surface area (Å²) in [6, 6.07) is 9.39. The number of benzene rings is 1. The highest BCUT2D eigenvalue weighted by atomic mass is 14.3. The van der Waals surface area contributed by atoms with Crippen molar-refractivity contribution in [3.8, 4) is 0 Å². The third-order valence-electron chi connectivity index (χ3n) is 4.28. The van der Waals surface area contributed by atoms with Crippen LogP contribution >= 0.6 is 0 Å². The van der Waals surface area contributed by atoms with Crippen LogP contribution in [-0.4, -0.2) is 0 Å². The largest absolute Gasteiger partial charge is 0.0627 e. The van der Waals surface area contributed by atoms with Gasteiger partial charge in [-0.15, -0.1) is 0 Å². The first-order chi connectivity index (χ1) is 9.04. The van der Waals surface area contributed by atoms with Crippen molar-refractivity contribution in [2.24, 2.45) is 11.8 Å². The molecule has 0 amide bonds. The minimum atomic E-state index is 0.273. The van der Waals surface area contributed by atoms with Crippen molar-refractivity contribution in [3.05, 3.63) is 35.4 Å². The first-order valence-corrected chi connectivity index (χ1v) is 8.15. The first-order valence-electron chi connectivity index (χ1n) is 8.15. The zero-order valence-corrected chi connectivity index (χ0v) is 14.9. The molecule has 0 radical (unpaired) electrons. The van der Waals surface area contributed by atoms with E-state index in [4.69, 9.17) is 0 Å². The summed E-state index contributed by atoms with van der Waals surface area (Å²) in [5.74, 6) is 1.48. The summed E-state index contributed by atoms with van der Waals surface area (Å²) in [5, 5.41) is 0. The van der Waals surface area contributed by atoms with E-state index in [0.29, 0.717) is 0 Å².